The maximum absolute atomic E-state index is 13.1. The minimum Gasteiger partial charge on any atom is -0.369 e. The van der Waals surface area contributed by atoms with Gasteiger partial charge in [0.05, 0.1) is 21.8 Å². The number of benzene rings is 2. The summed E-state index contributed by atoms with van der Waals surface area (Å²) >= 11 is 1.19. The number of nitrogens with zero attached hydrogens (tertiary/aromatic N) is 2. The van der Waals surface area contributed by atoms with Crippen molar-refractivity contribution >= 4 is 28.6 Å². The van der Waals surface area contributed by atoms with Gasteiger partial charge in [-0.15, -0.1) is 0 Å². The van der Waals surface area contributed by atoms with E-state index in [-0.39, 0.29) is 5.56 Å². The lowest BCUT2D eigenvalue weighted by atomic mass is 10.1. The maximum atomic E-state index is 13.1. The first-order valence-electron chi connectivity index (χ1n) is 7.94. The van der Waals surface area contributed by atoms with Gasteiger partial charge in [0.1, 0.15) is 0 Å². The molecule has 3 aromatic rings. The van der Waals surface area contributed by atoms with Crippen molar-refractivity contribution in [3.05, 3.63) is 63.9 Å². The number of thioether (sulfide) groups is 1. The average molecular weight is 353 g/mol. The van der Waals surface area contributed by atoms with Crippen molar-refractivity contribution in [1.29, 1.82) is 0 Å². The summed E-state index contributed by atoms with van der Waals surface area (Å²) in [6, 6.07) is 13.1. The zero-order chi connectivity index (χ0) is 18.1. The SMILES string of the molecule is Cc1ccc(-n2c(S[C@H](C)C(N)=O)nc3ccccc3c2=O)c(C)c1. The molecule has 1 atom stereocenters. The van der Waals surface area contributed by atoms with Crippen LogP contribution in [0.2, 0.25) is 0 Å². The van der Waals surface area contributed by atoms with E-state index in [0.717, 1.165) is 16.8 Å². The first kappa shape index (κ1) is 17.2. The van der Waals surface area contributed by atoms with Gasteiger partial charge in [-0.05, 0) is 44.5 Å². The molecular weight excluding hydrogens is 334 g/mol. The average Bonchev–Trinajstić information content (AvgIpc) is 2.56. The standard InChI is InChI=1S/C19H19N3O2S/c1-11-8-9-16(12(2)10-11)22-18(24)14-6-4-5-7-15(14)21-19(22)25-13(3)17(20)23/h4-10,13H,1-3H3,(H2,20,23)/t13-/m1/s1. The van der Waals surface area contributed by atoms with Gasteiger partial charge in [0.25, 0.3) is 5.56 Å². The monoisotopic (exact) mass is 353 g/mol. The van der Waals surface area contributed by atoms with Crippen LogP contribution in [-0.2, 0) is 4.79 Å². The minimum atomic E-state index is -0.495. The number of carbonyl (C=O) groups is 1. The predicted molar refractivity (Wildman–Crippen MR) is 101 cm³/mol. The second kappa shape index (κ2) is 6.72. The predicted octanol–water partition coefficient (Wildman–Crippen LogP) is 2.97. The Kier molecular flexibility index (Phi) is 4.63. The van der Waals surface area contributed by atoms with Crippen molar-refractivity contribution < 1.29 is 4.79 Å². The van der Waals surface area contributed by atoms with Crippen LogP contribution in [0.1, 0.15) is 18.1 Å². The Morgan fingerprint density at radius 3 is 2.60 bits per heavy atom. The van der Waals surface area contributed by atoms with E-state index in [1.807, 2.05) is 44.2 Å². The Labute approximate surface area is 149 Å². The Balaban J connectivity index is 2.32. The van der Waals surface area contributed by atoms with Crippen LogP contribution in [-0.4, -0.2) is 20.7 Å². The zero-order valence-corrected chi connectivity index (χ0v) is 15.1. The highest BCUT2D eigenvalue weighted by Gasteiger charge is 2.19. The summed E-state index contributed by atoms with van der Waals surface area (Å²) in [7, 11) is 0. The van der Waals surface area contributed by atoms with E-state index >= 15 is 0 Å². The number of amides is 1. The molecule has 0 aliphatic carbocycles. The molecule has 1 aromatic heterocycles. The Morgan fingerprint density at radius 1 is 1.20 bits per heavy atom. The summed E-state index contributed by atoms with van der Waals surface area (Å²) in [5, 5.41) is 0.505. The van der Waals surface area contributed by atoms with Crippen molar-refractivity contribution in [2.24, 2.45) is 5.73 Å². The van der Waals surface area contributed by atoms with Crippen LogP contribution in [0.15, 0.2) is 52.4 Å². The molecule has 0 aliphatic heterocycles. The lowest BCUT2D eigenvalue weighted by Crippen LogP contribution is -2.26. The molecule has 25 heavy (non-hydrogen) atoms. The fourth-order valence-corrected chi connectivity index (χ4v) is 3.55. The van der Waals surface area contributed by atoms with Gasteiger partial charge in [-0.1, -0.05) is 41.6 Å². The fraction of sp³-hybridized carbons (Fsp3) is 0.211. The van der Waals surface area contributed by atoms with Gasteiger partial charge in [-0.25, -0.2) is 4.98 Å². The van der Waals surface area contributed by atoms with Gasteiger partial charge in [0.2, 0.25) is 5.91 Å². The van der Waals surface area contributed by atoms with Gasteiger partial charge >= 0.3 is 0 Å². The summed E-state index contributed by atoms with van der Waals surface area (Å²) in [6.45, 7) is 5.67. The van der Waals surface area contributed by atoms with Crippen molar-refractivity contribution in [2.45, 2.75) is 31.2 Å². The van der Waals surface area contributed by atoms with E-state index in [9.17, 15) is 9.59 Å². The molecule has 0 fully saturated rings. The number of hydrogen-bond donors (Lipinski definition) is 1. The molecule has 5 nitrogen and oxygen atoms in total. The summed E-state index contributed by atoms with van der Waals surface area (Å²) in [5.41, 5.74) is 8.68. The summed E-state index contributed by atoms with van der Waals surface area (Å²) in [5.74, 6) is -0.445. The normalized spacial score (nSPS) is 12.3. The number of aromatic nitrogens is 2. The number of para-hydroxylation sites is 1. The van der Waals surface area contributed by atoms with Crippen LogP contribution in [0.25, 0.3) is 16.6 Å². The minimum absolute atomic E-state index is 0.156. The zero-order valence-electron chi connectivity index (χ0n) is 14.3. The lowest BCUT2D eigenvalue weighted by Gasteiger charge is -2.17. The molecule has 0 bridgehead atoms. The van der Waals surface area contributed by atoms with Crippen LogP contribution >= 0.6 is 11.8 Å². The molecule has 0 spiro atoms. The van der Waals surface area contributed by atoms with E-state index in [2.05, 4.69) is 4.98 Å². The Morgan fingerprint density at radius 2 is 1.92 bits per heavy atom. The van der Waals surface area contributed by atoms with Gasteiger partial charge < -0.3 is 5.73 Å². The number of carbonyl (C=O) groups excluding carboxylic acids is 1. The molecule has 0 unspecified atom stereocenters. The first-order valence-corrected chi connectivity index (χ1v) is 8.82. The topological polar surface area (TPSA) is 78.0 Å². The van der Waals surface area contributed by atoms with Gasteiger partial charge in [-0.2, -0.15) is 0 Å². The maximum Gasteiger partial charge on any atom is 0.266 e. The van der Waals surface area contributed by atoms with E-state index < -0.39 is 11.2 Å². The van der Waals surface area contributed by atoms with Crippen LogP contribution in [0.4, 0.5) is 0 Å². The van der Waals surface area contributed by atoms with Gasteiger partial charge in [-0.3, -0.25) is 14.2 Å². The Hall–Kier alpha value is -2.60. The highest BCUT2D eigenvalue weighted by Crippen LogP contribution is 2.26. The van der Waals surface area contributed by atoms with Crippen molar-refractivity contribution in [3.63, 3.8) is 0 Å². The number of hydrogen-bond acceptors (Lipinski definition) is 4. The molecule has 0 saturated carbocycles. The third-order valence-corrected chi connectivity index (χ3v) is 5.09. The van der Waals surface area contributed by atoms with Gasteiger partial charge in [0, 0.05) is 0 Å². The first-order chi connectivity index (χ1) is 11.9. The molecule has 1 heterocycles. The highest BCUT2D eigenvalue weighted by molar-refractivity contribution is 8.00. The van der Waals surface area contributed by atoms with E-state index in [1.54, 1.807) is 23.6 Å². The summed E-state index contributed by atoms with van der Waals surface area (Å²) < 4.78 is 1.57. The second-order valence-electron chi connectivity index (χ2n) is 6.00. The lowest BCUT2D eigenvalue weighted by molar-refractivity contribution is -0.117. The third kappa shape index (κ3) is 3.30. The number of rotatable bonds is 4. The molecule has 6 heteroatoms. The molecule has 128 valence electrons. The summed E-state index contributed by atoms with van der Waals surface area (Å²) in [6.07, 6.45) is 0. The second-order valence-corrected chi connectivity index (χ2v) is 7.31. The van der Waals surface area contributed by atoms with Crippen LogP contribution in [0.5, 0.6) is 0 Å². The molecule has 3 rings (SSSR count). The van der Waals surface area contributed by atoms with Gasteiger partial charge in [0.15, 0.2) is 5.16 Å². The number of aryl methyl sites for hydroxylation is 2. The van der Waals surface area contributed by atoms with Crippen molar-refractivity contribution in [2.75, 3.05) is 0 Å². The molecule has 2 N–H and O–H groups in total. The van der Waals surface area contributed by atoms with Crippen LogP contribution in [0.3, 0.4) is 0 Å². The van der Waals surface area contributed by atoms with Crippen LogP contribution in [0, 0.1) is 13.8 Å². The molecular formula is C19H19N3O2S. The number of fused-ring (bicyclic) bond motifs is 1. The van der Waals surface area contributed by atoms with Crippen molar-refractivity contribution in [3.8, 4) is 5.69 Å². The third-order valence-electron chi connectivity index (χ3n) is 4.02. The molecule has 0 radical (unpaired) electrons. The molecule has 2 aromatic carbocycles. The largest absolute Gasteiger partial charge is 0.369 e. The fourth-order valence-electron chi connectivity index (χ4n) is 2.68. The van der Waals surface area contributed by atoms with E-state index in [4.69, 9.17) is 5.73 Å². The summed E-state index contributed by atoms with van der Waals surface area (Å²) in [4.78, 5) is 29.2. The van der Waals surface area contributed by atoms with E-state index in [0.29, 0.717) is 16.1 Å². The van der Waals surface area contributed by atoms with Crippen LogP contribution < -0.4 is 11.3 Å². The quantitative estimate of drug-likeness (QED) is 0.578. The number of primary amides is 1. The Bertz CT molecular complexity index is 1030. The smallest absolute Gasteiger partial charge is 0.266 e. The highest BCUT2D eigenvalue weighted by atomic mass is 32.2. The van der Waals surface area contributed by atoms with E-state index in [1.165, 1.54) is 11.8 Å². The molecule has 0 aliphatic rings. The number of nitrogens with two attached hydrogens (primary N) is 1. The molecule has 1 amide bonds. The molecule has 0 saturated heterocycles. The van der Waals surface area contributed by atoms with Crippen molar-refractivity contribution in [1.82, 2.24) is 9.55 Å².